The normalized spacial score (nSPS) is 16.4. The van der Waals surface area contributed by atoms with Crippen LogP contribution in [0.25, 0.3) is 0 Å². The number of pyridine rings is 1. The Kier molecular flexibility index (Phi) is 7.99. The lowest BCUT2D eigenvalue weighted by Crippen LogP contribution is -2.42. The van der Waals surface area contributed by atoms with Crippen LogP contribution in [0.3, 0.4) is 0 Å². The van der Waals surface area contributed by atoms with E-state index in [0.29, 0.717) is 23.2 Å². The first kappa shape index (κ1) is 23.9. The summed E-state index contributed by atoms with van der Waals surface area (Å²) >= 11 is 0. The number of hydrogen-bond acceptors (Lipinski definition) is 5. The summed E-state index contributed by atoms with van der Waals surface area (Å²) in [7, 11) is 0. The summed E-state index contributed by atoms with van der Waals surface area (Å²) in [6.07, 6.45) is 5.20. The summed E-state index contributed by atoms with van der Waals surface area (Å²) < 4.78 is 0. The third-order valence-electron chi connectivity index (χ3n) is 6.57. The van der Waals surface area contributed by atoms with E-state index in [1.54, 1.807) is 23.8 Å². The quantitative estimate of drug-likeness (QED) is 0.370. The fourth-order valence-electron chi connectivity index (χ4n) is 4.32. The van der Waals surface area contributed by atoms with Crippen molar-refractivity contribution in [1.29, 1.82) is 0 Å². The van der Waals surface area contributed by atoms with Crippen LogP contribution in [0, 0.1) is 11.3 Å². The van der Waals surface area contributed by atoms with Gasteiger partial charge in [-0.25, -0.2) is 10.5 Å². The fraction of sp³-hybridized carbons (Fsp3) is 0.480. The second-order valence-electron chi connectivity index (χ2n) is 9.27. The van der Waals surface area contributed by atoms with E-state index >= 15 is 0 Å². The van der Waals surface area contributed by atoms with E-state index in [1.165, 1.54) is 0 Å². The molecule has 3 rings (SSSR count). The molecule has 1 aromatic carbocycles. The van der Waals surface area contributed by atoms with Crippen LogP contribution >= 0.6 is 0 Å². The van der Waals surface area contributed by atoms with Gasteiger partial charge in [0.05, 0.1) is 0 Å². The zero-order valence-corrected chi connectivity index (χ0v) is 19.1. The Morgan fingerprint density at radius 3 is 2.47 bits per heavy atom. The third kappa shape index (κ3) is 5.93. The van der Waals surface area contributed by atoms with Gasteiger partial charge in [0.25, 0.3) is 5.91 Å². The van der Waals surface area contributed by atoms with Crippen LogP contribution in [0.15, 0.2) is 42.6 Å². The molecule has 4 N–H and O–H groups in total. The molecule has 2 aromatic rings. The first-order chi connectivity index (χ1) is 15.3. The minimum atomic E-state index is -0.512. The zero-order valence-electron chi connectivity index (χ0n) is 19.1. The molecule has 0 aliphatic carbocycles. The molecule has 7 heteroatoms. The molecule has 0 radical (unpaired) electrons. The lowest BCUT2D eigenvalue weighted by molar-refractivity contribution is -0.126. The number of aromatic nitrogens is 1. The minimum absolute atomic E-state index is 0.0377. The monoisotopic (exact) mass is 438 g/mol. The van der Waals surface area contributed by atoms with Gasteiger partial charge in [-0.05, 0) is 86.0 Å². The molecule has 1 aliphatic rings. The van der Waals surface area contributed by atoms with Gasteiger partial charge in [0, 0.05) is 17.2 Å². The number of benzene rings is 1. The maximum Gasteiger partial charge on any atom is 0.274 e. The van der Waals surface area contributed by atoms with Gasteiger partial charge in [-0.15, -0.1) is 0 Å². The Labute approximate surface area is 190 Å². The van der Waals surface area contributed by atoms with Gasteiger partial charge in [0.2, 0.25) is 5.91 Å². The van der Waals surface area contributed by atoms with Crippen molar-refractivity contribution >= 4 is 17.6 Å². The number of hydrogen-bond donors (Lipinski definition) is 4. The van der Waals surface area contributed by atoms with Crippen LogP contribution in [0.5, 0.6) is 0 Å². The first-order valence-electron chi connectivity index (χ1n) is 11.3. The van der Waals surface area contributed by atoms with Crippen LogP contribution < -0.4 is 16.1 Å². The zero-order chi connectivity index (χ0) is 23.1. The highest BCUT2D eigenvalue weighted by molar-refractivity contribution is 5.94. The van der Waals surface area contributed by atoms with E-state index in [-0.39, 0.29) is 11.3 Å². The van der Waals surface area contributed by atoms with E-state index in [1.807, 2.05) is 31.2 Å². The first-order valence-corrected chi connectivity index (χ1v) is 11.3. The number of hydroxylamine groups is 1. The van der Waals surface area contributed by atoms with Crippen molar-refractivity contribution in [3.05, 3.63) is 59.3 Å². The van der Waals surface area contributed by atoms with Crippen LogP contribution in [-0.4, -0.2) is 35.1 Å². The number of piperidine rings is 1. The van der Waals surface area contributed by atoms with Gasteiger partial charge in [0.15, 0.2) is 0 Å². The van der Waals surface area contributed by atoms with Gasteiger partial charge in [-0.2, -0.15) is 0 Å². The minimum Gasteiger partial charge on any atom is -0.317 e. The van der Waals surface area contributed by atoms with Crippen molar-refractivity contribution in [2.24, 2.45) is 11.3 Å². The van der Waals surface area contributed by atoms with E-state index in [4.69, 9.17) is 5.21 Å². The molecule has 32 heavy (non-hydrogen) atoms. The van der Waals surface area contributed by atoms with Gasteiger partial charge >= 0.3 is 0 Å². The van der Waals surface area contributed by atoms with Crippen molar-refractivity contribution in [3.8, 4) is 0 Å². The Morgan fingerprint density at radius 2 is 1.84 bits per heavy atom. The molecule has 1 aromatic heterocycles. The summed E-state index contributed by atoms with van der Waals surface area (Å²) in [5, 5.41) is 15.1. The number of nitrogens with one attached hydrogen (secondary N) is 3. The Morgan fingerprint density at radius 1 is 1.16 bits per heavy atom. The molecule has 1 saturated heterocycles. The lowest BCUT2D eigenvalue weighted by atomic mass is 9.80. The van der Waals surface area contributed by atoms with Crippen molar-refractivity contribution in [3.63, 3.8) is 0 Å². The van der Waals surface area contributed by atoms with Crippen molar-refractivity contribution in [2.45, 2.75) is 52.4 Å². The molecule has 2 heterocycles. The van der Waals surface area contributed by atoms with Crippen LogP contribution in [0.4, 0.5) is 5.82 Å². The summed E-state index contributed by atoms with van der Waals surface area (Å²) in [6, 6.07) is 11.3. The third-order valence-corrected chi connectivity index (χ3v) is 6.57. The molecule has 172 valence electrons. The number of amides is 2. The molecule has 1 fully saturated rings. The molecule has 7 nitrogen and oxygen atoms in total. The highest BCUT2D eigenvalue weighted by atomic mass is 16.5. The average molecular weight is 439 g/mol. The number of carbonyl (C=O) groups excluding carboxylic acids is 2. The number of anilines is 1. The van der Waals surface area contributed by atoms with Crippen molar-refractivity contribution in [2.75, 3.05) is 18.4 Å². The average Bonchev–Trinajstić information content (AvgIpc) is 2.79. The fourth-order valence-corrected chi connectivity index (χ4v) is 4.32. The molecule has 1 atom stereocenters. The van der Waals surface area contributed by atoms with Gasteiger partial charge < -0.3 is 10.6 Å². The summed E-state index contributed by atoms with van der Waals surface area (Å²) in [4.78, 5) is 28.7. The van der Waals surface area contributed by atoms with Gasteiger partial charge in [0.1, 0.15) is 5.82 Å². The topological polar surface area (TPSA) is 103 Å². The molecule has 0 saturated carbocycles. The Bertz CT molecular complexity index is 921. The second kappa shape index (κ2) is 10.7. The Hall–Kier alpha value is -2.77. The maximum absolute atomic E-state index is 12.8. The molecule has 1 aliphatic heterocycles. The van der Waals surface area contributed by atoms with Crippen LogP contribution in [-0.2, 0) is 11.2 Å². The highest BCUT2D eigenvalue weighted by Gasteiger charge is 2.34. The largest absolute Gasteiger partial charge is 0.317 e. The smallest absolute Gasteiger partial charge is 0.274 e. The van der Waals surface area contributed by atoms with Crippen molar-refractivity contribution in [1.82, 2.24) is 15.8 Å². The number of nitrogens with zero attached hydrogens (tertiary/aromatic N) is 1. The van der Waals surface area contributed by atoms with Gasteiger partial charge in [-0.1, -0.05) is 32.9 Å². The van der Waals surface area contributed by atoms with E-state index < -0.39 is 5.91 Å². The molecule has 0 unspecified atom stereocenters. The number of aryl methyl sites for hydroxylation is 1. The van der Waals surface area contributed by atoms with Crippen LogP contribution in [0.2, 0.25) is 0 Å². The molecule has 2 amide bonds. The summed E-state index contributed by atoms with van der Waals surface area (Å²) in [5.74, 6) is 0.875. The Balaban J connectivity index is 1.64. The van der Waals surface area contributed by atoms with Gasteiger partial charge in [-0.3, -0.25) is 14.8 Å². The number of rotatable bonds is 8. The molecule has 0 bridgehead atoms. The summed E-state index contributed by atoms with van der Waals surface area (Å²) in [5.41, 5.74) is 4.03. The standard InChI is InChI=1S/C25H34N4O3/c1-17(2)21(19-5-7-20(8-6-19)23(30)29-32)9-4-18-10-13-27-22(16-18)28-24(31)25(3)11-14-26-15-12-25/h5-8,10,13,16-17,21,26,32H,4,9,11-12,14-15H2,1-3H3,(H,29,30)(H,27,28,31)/t21-/m1/s1. The van der Waals surface area contributed by atoms with E-state index in [2.05, 4.69) is 29.5 Å². The van der Waals surface area contributed by atoms with E-state index in [9.17, 15) is 9.59 Å². The van der Waals surface area contributed by atoms with E-state index in [0.717, 1.165) is 49.9 Å². The predicted molar refractivity (Wildman–Crippen MR) is 125 cm³/mol. The predicted octanol–water partition coefficient (Wildman–Crippen LogP) is 3.90. The SMILES string of the molecule is CC(C)[C@@H](CCc1ccnc(NC(=O)C2(C)CCNCC2)c1)c1ccc(C(=O)NO)cc1. The highest BCUT2D eigenvalue weighted by Crippen LogP contribution is 2.31. The van der Waals surface area contributed by atoms with Crippen LogP contribution in [0.1, 0.15) is 67.4 Å². The maximum atomic E-state index is 12.8. The summed E-state index contributed by atoms with van der Waals surface area (Å²) in [6.45, 7) is 8.13. The molecule has 0 spiro atoms. The lowest BCUT2D eigenvalue weighted by Gasteiger charge is -2.32. The molecular weight excluding hydrogens is 404 g/mol. The number of carbonyl (C=O) groups is 2. The van der Waals surface area contributed by atoms with Crippen molar-refractivity contribution < 1.29 is 14.8 Å². The molecular formula is C25H34N4O3. The second-order valence-corrected chi connectivity index (χ2v) is 9.27.